The smallest absolute Gasteiger partial charge is 0.254 e. The highest BCUT2D eigenvalue weighted by atomic mass is 19.1. The lowest BCUT2D eigenvalue weighted by molar-refractivity contribution is 0.0675. The molecule has 1 fully saturated rings. The SMILES string of the molecule is CCC1CN(C)CCCN1C(=O)c1ccnc(F)c1. The van der Waals surface area contributed by atoms with Gasteiger partial charge >= 0.3 is 0 Å². The van der Waals surface area contributed by atoms with Crippen molar-refractivity contribution >= 4 is 5.91 Å². The lowest BCUT2D eigenvalue weighted by Gasteiger charge is -2.30. The molecule has 5 heteroatoms. The van der Waals surface area contributed by atoms with E-state index in [0.717, 1.165) is 32.5 Å². The van der Waals surface area contributed by atoms with Crippen molar-refractivity contribution in [2.24, 2.45) is 0 Å². The van der Waals surface area contributed by atoms with Crippen LogP contribution in [0, 0.1) is 5.95 Å². The number of rotatable bonds is 2. The van der Waals surface area contributed by atoms with Gasteiger partial charge in [0, 0.05) is 37.0 Å². The molecule has 1 aromatic rings. The molecule has 1 aliphatic rings. The van der Waals surface area contributed by atoms with Crippen molar-refractivity contribution in [3.63, 3.8) is 0 Å². The number of carbonyl (C=O) groups is 1. The zero-order valence-corrected chi connectivity index (χ0v) is 11.5. The fourth-order valence-corrected chi connectivity index (χ4v) is 2.56. The van der Waals surface area contributed by atoms with Gasteiger partial charge in [0.25, 0.3) is 5.91 Å². The number of hydrogen-bond acceptors (Lipinski definition) is 3. The van der Waals surface area contributed by atoms with Crippen LogP contribution in [-0.4, -0.2) is 53.4 Å². The Kier molecular flexibility index (Phi) is 4.47. The number of halogens is 1. The van der Waals surface area contributed by atoms with Crippen molar-refractivity contribution in [2.45, 2.75) is 25.8 Å². The quantitative estimate of drug-likeness (QED) is 0.765. The molecule has 0 aromatic carbocycles. The molecule has 0 N–H and O–H groups in total. The lowest BCUT2D eigenvalue weighted by Crippen LogP contribution is -2.43. The van der Waals surface area contributed by atoms with Crippen LogP contribution in [0.5, 0.6) is 0 Å². The van der Waals surface area contributed by atoms with Gasteiger partial charge in [-0.05, 0) is 32.5 Å². The van der Waals surface area contributed by atoms with Crippen molar-refractivity contribution in [1.82, 2.24) is 14.8 Å². The normalized spacial score (nSPS) is 21.2. The van der Waals surface area contributed by atoms with Gasteiger partial charge in [-0.3, -0.25) is 4.79 Å². The number of aromatic nitrogens is 1. The molecule has 4 nitrogen and oxygen atoms in total. The summed E-state index contributed by atoms with van der Waals surface area (Å²) in [4.78, 5) is 20.1. The minimum atomic E-state index is -0.606. The maximum Gasteiger partial charge on any atom is 0.254 e. The van der Waals surface area contributed by atoms with E-state index in [2.05, 4.69) is 23.9 Å². The molecule has 1 unspecified atom stereocenters. The van der Waals surface area contributed by atoms with E-state index in [4.69, 9.17) is 0 Å². The summed E-state index contributed by atoms with van der Waals surface area (Å²) in [6.45, 7) is 4.67. The van der Waals surface area contributed by atoms with Crippen LogP contribution in [0.25, 0.3) is 0 Å². The van der Waals surface area contributed by atoms with Crippen LogP contribution in [0.2, 0.25) is 0 Å². The summed E-state index contributed by atoms with van der Waals surface area (Å²) in [5.74, 6) is -0.700. The van der Waals surface area contributed by atoms with Gasteiger partial charge in [0.2, 0.25) is 5.95 Å². The van der Waals surface area contributed by atoms with Crippen LogP contribution < -0.4 is 0 Å². The number of pyridine rings is 1. The van der Waals surface area contributed by atoms with Gasteiger partial charge in [0.05, 0.1) is 0 Å². The molecule has 0 radical (unpaired) electrons. The topological polar surface area (TPSA) is 36.4 Å². The average molecular weight is 265 g/mol. The number of carbonyl (C=O) groups excluding carboxylic acids is 1. The Morgan fingerprint density at radius 2 is 2.32 bits per heavy atom. The third kappa shape index (κ3) is 3.29. The third-order valence-electron chi connectivity index (χ3n) is 3.61. The third-order valence-corrected chi connectivity index (χ3v) is 3.61. The summed E-state index contributed by atoms with van der Waals surface area (Å²) in [5, 5.41) is 0. The summed E-state index contributed by atoms with van der Waals surface area (Å²) in [7, 11) is 2.07. The molecular formula is C14H20FN3O. The highest BCUT2D eigenvalue weighted by molar-refractivity contribution is 5.94. The Balaban J connectivity index is 2.20. The molecule has 0 spiro atoms. The molecule has 0 saturated carbocycles. The Bertz CT molecular complexity index is 452. The molecule has 2 heterocycles. The van der Waals surface area contributed by atoms with E-state index in [1.54, 1.807) is 6.07 Å². The van der Waals surface area contributed by atoms with Crippen LogP contribution in [-0.2, 0) is 0 Å². The van der Waals surface area contributed by atoms with E-state index in [-0.39, 0.29) is 11.9 Å². The highest BCUT2D eigenvalue weighted by Crippen LogP contribution is 2.16. The lowest BCUT2D eigenvalue weighted by atomic mass is 10.1. The number of amides is 1. The first-order valence-corrected chi connectivity index (χ1v) is 6.73. The van der Waals surface area contributed by atoms with E-state index in [1.165, 1.54) is 12.3 Å². The molecule has 1 amide bonds. The molecule has 19 heavy (non-hydrogen) atoms. The summed E-state index contributed by atoms with van der Waals surface area (Å²) in [6.07, 6.45) is 3.20. The molecule has 1 atom stereocenters. The summed E-state index contributed by atoms with van der Waals surface area (Å²) in [6, 6.07) is 2.98. The highest BCUT2D eigenvalue weighted by Gasteiger charge is 2.26. The van der Waals surface area contributed by atoms with E-state index in [1.807, 2.05) is 4.90 Å². The molecule has 0 bridgehead atoms. The van der Waals surface area contributed by atoms with Gasteiger partial charge in [-0.1, -0.05) is 6.92 Å². The Labute approximate surface area is 113 Å². The minimum Gasteiger partial charge on any atom is -0.334 e. The van der Waals surface area contributed by atoms with E-state index < -0.39 is 5.95 Å². The van der Waals surface area contributed by atoms with Gasteiger partial charge in [-0.25, -0.2) is 4.98 Å². The van der Waals surface area contributed by atoms with Crippen molar-refractivity contribution in [3.8, 4) is 0 Å². The second kappa shape index (κ2) is 6.10. The van der Waals surface area contributed by atoms with Crippen LogP contribution in [0.1, 0.15) is 30.1 Å². The number of nitrogens with zero attached hydrogens (tertiary/aromatic N) is 3. The summed E-state index contributed by atoms with van der Waals surface area (Å²) >= 11 is 0. The first-order valence-electron chi connectivity index (χ1n) is 6.73. The van der Waals surface area contributed by atoms with E-state index in [0.29, 0.717) is 5.56 Å². The molecule has 2 rings (SSSR count). The second-order valence-electron chi connectivity index (χ2n) is 5.04. The van der Waals surface area contributed by atoms with E-state index >= 15 is 0 Å². The van der Waals surface area contributed by atoms with Crippen molar-refractivity contribution in [2.75, 3.05) is 26.7 Å². The predicted octanol–water partition coefficient (Wildman–Crippen LogP) is 1.78. The largest absolute Gasteiger partial charge is 0.334 e. The van der Waals surface area contributed by atoms with Gasteiger partial charge < -0.3 is 9.80 Å². The van der Waals surface area contributed by atoms with Crippen LogP contribution >= 0.6 is 0 Å². The van der Waals surface area contributed by atoms with Gasteiger partial charge in [0.15, 0.2) is 0 Å². The van der Waals surface area contributed by atoms with Crippen LogP contribution in [0.4, 0.5) is 4.39 Å². The Morgan fingerprint density at radius 1 is 1.53 bits per heavy atom. The Morgan fingerprint density at radius 3 is 3.00 bits per heavy atom. The van der Waals surface area contributed by atoms with Crippen molar-refractivity contribution in [1.29, 1.82) is 0 Å². The maximum absolute atomic E-state index is 13.1. The standard InChI is InChI=1S/C14H20FN3O/c1-3-12-10-17(2)7-4-8-18(12)14(19)11-5-6-16-13(15)9-11/h5-6,9,12H,3-4,7-8,10H2,1-2H3. The van der Waals surface area contributed by atoms with Crippen LogP contribution in [0.3, 0.4) is 0 Å². The van der Waals surface area contributed by atoms with Crippen molar-refractivity contribution in [3.05, 3.63) is 29.8 Å². The molecule has 0 aliphatic carbocycles. The maximum atomic E-state index is 13.1. The van der Waals surface area contributed by atoms with Gasteiger partial charge in [-0.2, -0.15) is 4.39 Å². The molecule has 104 valence electrons. The van der Waals surface area contributed by atoms with Crippen molar-refractivity contribution < 1.29 is 9.18 Å². The first-order chi connectivity index (χ1) is 9.11. The fraction of sp³-hybridized carbons (Fsp3) is 0.571. The van der Waals surface area contributed by atoms with Crippen LogP contribution in [0.15, 0.2) is 18.3 Å². The van der Waals surface area contributed by atoms with Gasteiger partial charge in [0.1, 0.15) is 0 Å². The summed E-state index contributed by atoms with van der Waals surface area (Å²) < 4.78 is 13.1. The fourth-order valence-electron chi connectivity index (χ4n) is 2.56. The molecular weight excluding hydrogens is 245 g/mol. The monoisotopic (exact) mass is 265 g/mol. The van der Waals surface area contributed by atoms with Gasteiger partial charge in [-0.15, -0.1) is 0 Å². The Hall–Kier alpha value is -1.49. The zero-order valence-electron chi connectivity index (χ0n) is 11.5. The average Bonchev–Trinajstić information content (AvgIpc) is 2.59. The molecule has 1 aliphatic heterocycles. The minimum absolute atomic E-state index is 0.0940. The predicted molar refractivity (Wildman–Crippen MR) is 71.4 cm³/mol. The molecule has 1 aromatic heterocycles. The number of likely N-dealkylation sites (N-methyl/N-ethyl adjacent to an activating group) is 1. The zero-order chi connectivity index (χ0) is 13.8. The second-order valence-corrected chi connectivity index (χ2v) is 5.04. The number of hydrogen-bond donors (Lipinski definition) is 0. The van der Waals surface area contributed by atoms with E-state index in [9.17, 15) is 9.18 Å². The molecule has 1 saturated heterocycles. The first kappa shape index (κ1) is 13.9. The summed E-state index contributed by atoms with van der Waals surface area (Å²) in [5.41, 5.74) is 0.385.